The number of hydrogen-bond donors (Lipinski definition) is 2. The molecule has 0 fully saturated rings. The van der Waals surface area contributed by atoms with Crippen LogP contribution in [0, 0.1) is 6.92 Å². The predicted molar refractivity (Wildman–Crippen MR) is 105 cm³/mol. The molecule has 7 heteroatoms. The Hall–Kier alpha value is -2.70. The molecule has 1 heterocycles. The Kier molecular flexibility index (Phi) is 6.03. The van der Waals surface area contributed by atoms with Gasteiger partial charge in [0.2, 0.25) is 5.91 Å². The van der Waals surface area contributed by atoms with Crippen LogP contribution >= 0.6 is 0 Å². The van der Waals surface area contributed by atoms with Crippen LogP contribution in [0.3, 0.4) is 0 Å². The standard InChI is InChI=1S/C20H29N3O4/c1-8-15(21-19(25)26-20(4,5)6)17-12(2)23(7)18-14(17)10-9-11-16(18)27-22-13(3)24/h9-11,15H,8H2,1-7H3,(H,21,25)(H,22,24)/t15-/m1/s1. The molecule has 0 bridgehead atoms. The summed E-state index contributed by atoms with van der Waals surface area (Å²) < 4.78 is 7.41. The minimum absolute atomic E-state index is 0.209. The molecule has 0 radical (unpaired) electrons. The summed E-state index contributed by atoms with van der Waals surface area (Å²) >= 11 is 0. The maximum atomic E-state index is 12.3. The number of nitrogens with one attached hydrogen (secondary N) is 2. The van der Waals surface area contributed by atoms with Gasteiger partial charge in [0.1, 0.15) is 5.60 Å². The third kappa shape index (κ3) is 4.72. The average Bonchev–Trinajstić information content (AvgIpc) is 2.81. The number of fused-ring (bicyclic) bond motifs is 1. The Bertz CT molecular complexity index is 849. The summed E-state index contributed by atoms with van der Waals surface area (Å²) in [5, 5.41) is 3.93. The van der Waals surface area contributed by atoms with Crippen LogP contribution < -0.4 is 15.6 Å². The second-order valence-electron chi connectivity index (χ2n) is 7.58. The maximum Gasteiger partial charge on any atom is 0.408 e. The van der Waals surface area contributed by atoms with Crippen LogP contribution in [0.5, 0.6) is 5.75 Å². The summed E-state index contributed by atoms with van der Waals surface area (Å²) in [6, 6.07) is 5.43. The highest BCUT2D eigenvalue weighted by molar-refractivity contribution is 5.91. The first-order valence-corrected chi connectivity index (χ1v) is 9.06. The molecule has 0 unspecified atom stereocenters. The molecule has 7 nitrogen and oxygen atoms in total. The quantitative estimate of drug-likeness (QED) is 0.777. The fourth-order valence-electron chi connectivity index (χ4n) is 3.11. The lowest BCUT2D eigenvalue weighted by Gasteiger charge is -2.23. The van der Waals surface area contributed by atoms with Crippen LogP contribution in [-0.2, 0) is 16.6 Å². The number of rotatable bonds is 5. The van der Waals surface area contributed by atoms with Gasteiger partial charge in [-0.15, -0.1) is 0 Å². The summed E-state index contributed by atoms with van der Waals surface area (Å²) in [7, 11) is 1.93. The molecule has 0 aliphatic rings. The third-order valence-electron chi connectivity index (χ3n) is 4.27. The monoisotopic (exact) mass is 375 g/mol. The zero-order valence-corrected chi connectivity index (χ0v) is 17.1. The van der Waals surface area contributed by atoms with Gasteiger partial charge in [-0.3, -0.25) is 4.79 Å². The number of nitrogens with zero attached hydrogens (tertiary/aromatic N) is 1. The number of carbonyl (C=O) groups excluding carboxylic acids is 2. The summed E-state index contributed by atoms with van der Waals surface area (Å²) in [6.07, 6.45) is 0.257. The fraction of sp³-hybridized carbons (Fsp3) is 0.500. The second kappa shape index (κ2) is 7.90. The van der Waals surface area contributed by atoms with Crippen LogP contribution in [-0.4, -0.2) is 22.2 Å². The molecule has 1 aromatic carbocycles. The number of alkyl carbamates (subject to hydrolysis) is 1. The van der Waals surface area contributed by atoms with Gasteiger partial charge in [0.25, 0.3) is 0 Å². The molecule has 2 N–H and O–H groups in total. The molecule has 1 atom stereocenters. The SMILES string of the molecule is CC[C@@H](NC(=O)OC(C)(C)C)c1c(C)n(C)c2c(ONC(C)=O)cccc12. The zero-order chi connectivity index (χ0) is 20.4. The van der Waals surface area contributed by atoms with Gasteiger partial charge in [-0.05, 0) is 40.2 Å². The number of carbonyl (C=O) groups is 2. The molecule has 2 amide bonds. The van der Waals surface area contributed by atoms with Crippen molar-refractivity contribution in [3.63, 3.8) is 0 Å². The zero-order valence-electron chi connectivity index (χ0n) is 17.1. The van der Waals surface area contributed by atoms with Crippen molar-refractivity contribution in [3.05, 3.63) is 29.5 Å². The molecule has 2 rings (SSSR count). The summed E-state index contributed by atoms with van der Waals surface area (Å²) in [5.74, 6) is 0.267. The highest BCUT2D eigenvalue weighted by atomic mass is 16.7. The van der Waals surface area contributed by atoms with Crippen molar-refractivity contribution < 1.29 is 19.2 Å². The van der Waals surface area contributed by atoms with Gasteiger partial charge in [-0.2, -0.15) is 5.48 Å². The van der Waals surface area contributed by atoms with Gasteiger partial charge < -0.3 is 19.5 Å². The Morgan fingerprint density at radius 1 is 1.26 bits per heavy atom. The van der Waals surface area contributed by atoms with Crippen LogP contribution in [0.25, 0.3) is 10.9 Å². The number of para-hydroxylation sites is 1. The van der Waals surface area contributed by atoms with E-state index in [1.807, 2.05) is 58.4 Å². The number of hydrogen-bond acceptors (Lipinski definition) is 4. The Balaban J connectivity index is 2.45. The number of amides is 2. The molecule has 0 aliphatic heterocycles. The predicted octanol–water partition coefficient (Wildman–Crippen LogP) is 3.89. The molecule has 0 saturated heterocycles. The van der Waals surface area contributed by atoms with E-state index in [4.69, 9.17) is 9.57 Å². The van der Waals surface area contributed by atoms with Crippen molar-refractivity contribution >= 4 is 22.9 Å². The van der Waals surface area contributed by atoms with E-state index in [0.717, 1.165) is 22.2 Å². The van der Waals surface area contributed by atoms with Crippen molar-refractivity contribution in [2.75, 3.05) is 0 Å². The third-order valence-corrected chi connectivity index (χ3v) is 4.27. The smallest absolute Gasteiger partial charge is 0.408 e. The normalized spacial score (nSPS) is 12.6. The molecule has 0 saturated carbocycles. The topological polar surface area (TPSA) is 81.6 Å². The van der Waals surface area contributed by atoms with Crippen LogP contribution in [0.1, 0.15) is 58.3 Å². The van der Waals surface area contributed by atoms with Gasteiger partial charge in [-0.25, -0.2) is 4.79 Å². The van der Waals surface area contributed by atoms with Gasteiger partial charge >= 0.3 is 6.09 Å². The molecule has 0 spiro atoms. The van der Waals surface area contributed by atoms with E-state index in [9.17, 15) is 9.59 Å². The Morgan fingerprint density at radius 3 is 2.48 bits per heavy atom. The minimum atomic E-state index is -0.560. The molecular weight excluding hydrogens is 346 g/mol. The molecule has 0 aliphatic carbocycles. The maximum absolute atomic E-state index is 12.3. The first-order chi connectivity index (χ1) is 12.5. The Labute approximate surface area is 160 Å². The van der Waals surface area contributed by atoms with Gasteiger partial charge in [0.05, 0.1) is 11.6 Å². The summed E-state index contributed by atoms with van der Waals surface area (Å²) in [6.45, 7) is 10.9. The van der Waals surface area contributed by atoms with E-state index in [1.165, 1.54) is 6.92 Å². The second-order valence-corrected chi connectivity index (χ2v) is 7.58. The highest BCUT2D eigenvalue weighted by Gasteiger charge is 2.25. The van der Waals surface area contributed by atoms with Gasteiger partial charge in [0, 0.05) is 30.6 Å². The number of aromatic nitrogens is 1. The average molecular weight is 375 g/mol. The number of hydroxylamine groups is 1. The lowest BCUT2D eigenvalue weighted by Crippen LogP contribution is -2.35. The molecule has 1 aromatic heterocycles. The van der Waals surface area contributed by atoms with E-state index in [1.54, 1.807) is 6.07 Å². The lowest BCUT2D eigenvalue weighted by molar-refractivity contribution is -0.125. The van der Waals surface area contributed by atoms with Crippen molar-refractivity contribution in [3.8, 4) is 5.75 Å². The molecular formula is C20H29N3O4. The summed E-state index contributed by atoms with van der Waals surface area (Å²) in [4.78, 5) is 28.9. The highest BCUT2D eigenvalue weighted by Crippen LogP contribution is 2.36. The van der Waals surface area contributed by atoms with Crippen molar-refractivity contribution in [2.45, 2.75) is 59.6 Å². The number of aryl methyl sites for hydroxylation is 1. The number of ether oxygens (including phenoxy) is 1. The van der Waals surface area contributed by atoms with Crippen molar-refractivity contribution in [2.24, 2.45) is 7.05 Å². The largest absolute Gasteiger partial charge is 0.444 e. The summed E-state index contributed by atoms with van der Waals surface area (Å²) in [5.41, 5.74) is 4.67. The first-order valence-electron chi connectivity index (χ1n) is 9.06. The molecule has 148 valence electrons. The van der Waals surface area contributed by atoms with E-state index < -0.39 is 11.7 Å². The fourth-order valence-corrected chi connectivity index (χ4v) is 3.11. The first kappa shape index (κ1) is 20.6. The number of benzene rings is 1. The van der Waals surface area contributed by atoms with E-state index in [-0.39, 0.29) is 11.9 Å². The van der Waals surface area contributed by atoms with E-state index >= 15 is 0 Å². The van der Waals surface area contributed by atoms with Crippen LogP contribution in [0.2, 0.25) is 0 Å². The Morgan fingerprint density at radius 2 is 1.93 bits per heavy atom. The van der Waals surface area contributed by atoms with Gasteiger partial charge in [0.15, 0.2) is 5.75 Å². The lowest BCUT2D eigenvalue weighted by atomic mass is 10.0. The van der Waals surface area contributed by atoms with Crippen molar-refractivity contribution in [1.82, 2.24) is 15.4 Å². The van der Waals surface area contributed by atoms with Gasteiger partial charge in [-0.1, -0.05) is 19.1 Å². The minimum Gasteiger partial charge on any atom is -0.444 e. The molecule has 2 aromatic rings. The van der Waals surface area contributed by atoms with E-state index in [2.05, 4.69) is 10.8 Å². The van der Waals surface area contributed by atoms with Crippen LogP contribution in [0.4, 0.5) is 4.79 Å². The molecule has 27 heavy (non-hydrogen) atoms. The van der Waals surface area contributed by atoms with E-state index in [0.29, 0.717) is 12.2 Å². The van der Waals surface area contributed by atoms with Crippen molar-refractivity contribution in [1.29, 1.82) is 0 Å². The van der Waals surface area contributed by atoms with Crippen LogP contribution in [0.15, 0.2) is 18.2 Å².